The number of rotatable bonds is 4. The van der Waals surface area contributed by atoms with Crippen molar-refractivity contribution in [2.75, 3.05) is 26.2 Å². The lowest BCUT2D eigenvalue weighted by Crippen LogP contribution is -2.45. The summed E-state index contributed by atoms with van der Waals surface area (Å²) in [6, 6.07) is 14.2. The molecule has 0 aromatic heterocycles. The van der Waals surface area contributed by atoms with Crippen LogP contribution in [0.2, 0.25) is 0 Å². The Bertz CT molecular complexity index is 882. The fourth-order valence-electron chi connectivity index (χ4n) is 3.31. The molecule has 0 aliphatic carbocycles. The Labute approximate surface area is 178 Å². The summed E-state index contributed by atoms with van der Waals surface area (Å²) >= 11 is 0. The molecule has 9 heteroatoms. The molecule has 0 saturated carbocycles. The van der Waals surface area contributed by atoms with Gasteiger partial charge in [0, 0.05) is 39.3 Å². The monoisotopic (exact) mass is 438 g/mol. The minimum absolute atomic E-state index is 0.355. The Morgan fingerprint density at radius 1 is 0.806 bits per heavy atom. The highest BCUT2D eigenvalue weighted by Crippen LogP contribution is 2.32. The molecule has 31 heavy (non-hydrogen) atoms. The zero-order valence-electron chi connectivity index (χ0n) is 17.1. The number of carboxylic acids is 2. The van der Waals surface area contributed by atoms with Gasteiger partial charge in [0.1, 0.15) is 0 Å². The van der Waals surface area contributed by atoms with Gasteiger partial charge in [-0.1, -0.05) is 42.5 Å². The molecular formula is C22H25F3N2O4. The molecule has 3 rings (SSSR count). The first kappa shape index (κ1) is 24.4. The predicted molar refractivity (Wildman–Crippen MR) is 108 cm³/mol. The van der Waals surface area contributed by atoms with Crippen LogP contribution in [0.1, 0.15) is 22.3 Å². The van der Waals surface area contributed by atoms with Crippen LogP contribution in [-0.2, 0) is 28.9 Å². The van der Waals surface area contributed by atoms with Gasteiger partial charge in [-0.05, 0) is 29.7 Å². The normalized spacial score (nSPS) is 15.1. The predicted octanol–water partition coefficient (Wildman–Crippen LogP) is 3.49. The lowest BCUT2D eigenvalue weighted by atomic mass is 10.1. The van der Waals surface area contributed by atoms with E-state index in [0.717, 1.165) is 32.7 Å². The minimum atomic E-state index is -4.29. The van der Waals surface area contributed by atoms with Crippen LogP contribution < -0.4 is 0 Å². The zero-order chi connectivity index (χ0) is 23.0. The molecule has 0 amide bonds. The maximum Gasteiger partial charge on any atom is 0.416 e. The summed E-state index contributed by atoms with van der Waals surface area (Å²) in [4.78, 5) is 22.7. The summed E-state index contributed by atoms with van der Waals surface area (Å²) in [5, 5.41) is 14.8. The first-order chi connectivity index (χ1) is 14.6. The molecule has 0 spiro atoms. The van der Waals surface area contributed by atoms with Crippen molar-refractivity contribution in [3.05, 3.63) is 70.8 Å². The lowest BCUT2D eigenvalue weighted by Gasteiger charge is -2.35. The van der Waals surface area contributed by atoms with Gasteiger partial charge >= 0.3 is 18.1 Å². The van der Waals surface area contributed by atoms with Crippen LogP contribution in [0.25, 0.3) is 0 Å². The van der Waals surface area contributed by atoms with Crippen molar-refractivity contribution in [3.8, 4) is 0 Å². The van der Waals surface area contributed by atoms with Crippen molar-refractivity contribution < 1.29 is 33.0 Å². The van der Waals surface area contributed by atoms with Gasteiger partial charge in [0.25, 0.3) is 0 Å². The molecule has 2 aromatic carbocycles. The Kier molecular flexibility index (Phi) is 8.58. The minimum Gasteiger partial charge on any atom is -0.473 e. The summed E-state index contributed by atoms with van der Waals surface area (Å²) in [6.07, 6.45) is -4.29. The van der Waals surface area contributed by atoms with Gasteiger partial charge in [-0.15, -0.1) is 0 Å². The number of nitrogens with zero attached hydrogens (tertiary/aromatic N) is 2. The van der Waals surface area contributed by atoms with Crippen LogP contribution in [0.4, 0.5) is 13.2 Å². The smallest absolute Gasteiger partial charge is 0.416 e. The number of aliphatic carboxylic acids is 2. The van der Waals surface area contributed by atoms with Crippen molar-refractivity contribution in [1.82, 2.24) is 9.80 Å². The van der Waals surface area contributed by atoms with E-state index in [0.29, 0.717) is 12.1 Å². The molecule has 0 bridgehead atoms. The van der Waals surface area contributed by atoms with E-state index in [4.69, 9.17) is 19.8 Å². The summed E-state index contributed by atoms with van der Waals surface area (Å²) < 4.78 is 39.4. The number of alkyl halides is 3. The number of carbonyl (C=O) groups is 2. The topological polar surface area (TPSA) is 81.1 Å². The van der Waals surface area contributed by atoms with E-state index in [2.05, 4.69) is 28.9 Å². The maximum absolute atomic E-state index is 13.1. The van der Waals surface area contributed by atoms with E-state index in [9.17, 15) is 13.2 Å². The largest absolute Gasteiger partial charge is 0.473 e. The fourth-order valence-corrected chi connectivity index (χ4v) is 3.31. The molecule has 168 valence electrons. The zero-order valence-corrected chi connectivity index (χ0v) is 17.1. The molecule has 1 saturated heterocycles. The number of carboxylic acid groups (broad SMARTS) is 2. The number of hydrogen-bond donors (Lipinski definition) is 2. The molecule has 1 aliphatic heterocycles. The Morgan fingerprint density at radius 2 is 1.23 bits per heavy atom. The molecule has 2 N–H and O–H groups in total. The molecule has 1 aliphatic rings. The first-order valence-electron chi connectivity index (χ1n) is 9.68. The highest BCUT2D eigenvalue weighted by Gasteiger charge is 2.33. The van der Waals surface area contributed by atoms with E-state index >= 15 is 0 Å². The van der Waals surface area contributed by atoms with E-state index in [1.165, 1.54) is 23.3 Å². The SMILES string of the molecule is Cc1ccccc1CN1CCN(Cc2ccccc2C(F)(F)F)CC1.O=C(O)C(=O)O. The second-order valence-corrected chi connectivity index (χ2v) is 7.24. The third-order valence-electron chi connectivity index (χ3n) is 5.02. The number of halogens is 3. The summed E-state index contributed by atoms with van der Waals surface area (Å²) in [5.41, 5.74) is 2.45. The standard InChI is InChI=1S/C20H23F3N2.C2H2O4/c1-16-6-2-3-7-17(16)14-24-10-12-25(13-11-24)15-18-8-4-5-9-19(18)20(21,22)23;3-1(4)2(5)6/h2-9H,10-15H2,1H3;(H,3,4)(H,5,6). The summed E-state index contributed by atoms with van der Waals surface area (Å²) in [6.45, 7) is 6.70. The van der Waals surface area contributed by atoms with Crippen molar-refractivity contribution in [1.29, 1.82) is 0 Å². The van der Waals surface area contributed by atoms with Gasteiger partial charge in [0.2, 0.25) is 0 Å². The van der Waals surface area contributed by atoms with Crippen molar-refractivity contribution >= 4 is 11.9 Å². The van der Waals surface area contributed by atoms with Crippen molar-refractivity contribution in [2.45, 2.75) is 26.2 Å². The highest BCUT2D eigenvalue weighted by molar-refractivity contribution is 6.27. The third-order valence-corrected chi connectivity index (χ3v) is 5.02. The summed E-state index contributed by atoms with van der Waals surface area (Å²) in [7, 11) is 0. The number of hydrogen-bond acceptors (Lipinski definition) is 4. The molecule has 1 fully saturated rings. The molecule has 1 heterocycles. The number of aryl methyl sites for hydroxylation is 1. The van der Waals surface area contributed by atoms with Gasteiger partial charge in [-0.3, -0.25) is 9.80 Å². The molecule has 0 unspecified atom stereocenters. The van der Waals surface area contributed by atoms with Gasteiger partial charge in [0.15, 0.2) is 0 Å². The van der Waals surface area contributed by atoms with Crippen LogP contribution in [-0.4, -0.2) is 58.1 Å². The Hall–Kier alpha value is -2.91. The van der Waals surface area contributed by atoms with Crippen LogP contribution >= 0.6 is 0 Å². The molecule has 6 nitrogen and oxygen atoms in total. The number of piperazine rings is 1. The first-order valence-corrected chi connectivity index (χ1v) is 9.68. The van der Waals surface area contributed by atoms with Crippen LogP contribution in [0.15, 0.2) is 48.5 Å². The fraction of sp³-hybridized carbons (Fsp3) is 0.364. The highest BCUT2D eigenvalue weighted by atomic mass is 19.4. The number of benzene rings is 2. The lowest BCUT2D eigenvalue weighted by molar-refractivity contribution is -0.159. The van der Waals surface area contributed by atoms with Crippen LogP contribution in [0, 0.1) is 6.92 Å². The third kappa shape index (κ3) is 7.69. The average Bonchev–Trinajstić information content (AvgIpc) is 2.71. The molecule has 0 atom stereocenters. The second kappa shape index (κ2) is 10.9. The quantitative estimate of drug-likeness (QED) is 0.712. The summed E-state index contributed by atoms with van der Waals surface area (Å²) in [5.74, 6) is -3.65. The van der Waals surface area contributed by atoms with Gasteiger partial charge in [0.05, 0.1) is 5.56 Å². The van der Waals surface area contributed by atoms with Crippen molar-refractivity contribution in [2.24, 2.45) is 0 Å². The van der Waals surface area contributed by atoms with Gasteiger partial charge in [-0.2, -0.15) is 13.2 Å². The van der Waals surface area contributed by atoms with Crippen molar-refractivity contribution in [3.63, 3.8) is 0 Å². The van der Waals surface area contributed by atoms with Gasteiger partial charge < -0.3 is 10.2 Å². The molecule has 0 radical (unpaired) electrons. The van der Waals surface area contributed by atoms with E-state index in [-0.39, 0.29) is 0 Å². The maximum atomic E-state index is 13.1. The van der Waals surface area contributed by atoms with Crippen LogP contribution in [0.5, 0.6) is 0 Å². The Morgan fingerprint density at radius 3 is 1.68 bits per heavy atom. The average molecular weight is 438 g/mol. The second-order valence-electron chi connectivity index (χ2n) is 7.24. The van der Waals surface area contributed by atoms with Crippen LogP contribution in [0.3, 0.4) is 0 Å². The van der Waals surface area contributed by atoms with E-state index in [1.807, 2.05) is 12.1 Å². The Balaban J connectivity index is 0.000000501. The van der Waals surface area contributed by atoms with E-state index in [1.54, 1.807) is 12.1 Å². The molecule has 2 aromatic rings. The van der Waals surface area contributed by atoms with Gasteiger partial charge in [-0.25, -0.2) is 9.59 Å². The molecular weight excluding hydrogens is 413 g/mol. The van der Waals surface area contributed by atoms with E-state index < -0.39 is 23.7 Å².